The van der Waals surface area contributed by atoms with E-state index >= 15 is 0 Å². The minimum atomic E-state index is -0.219. The van der Waals surface area contributed by atoms with Crippen LogP contribution in [0.4, 0.5) is 0 Å². The number of nitrogens with zero attached hydrogens (tertiary/aromatic N) is 4. The summed E-state index contributed by atoms with van der Waals surface area (Å²) < 4.78 is 20.9. The van der Waals surface area contributed by atoms with Crippen molar-refractivity contribution in [1.29, 1.82) is 0 Å². The van der Waals surface area contributed by atoms with Crippen LogP contribution in [0.1, 0.15) is 55.8 Å². The minimum absolute atomic E-state index is 0.219. The highest BCUT2D eigenvalue weighted by Gasteiger charge is 2.35. The third-order valence-electron chi connectivity index (χ3n) is 8.54. The Labute approximate surface area is 280 Å². The number of carbonyl (C=O) groups is 2. The van der Waals surface area contributed by atoms with Gasteiger partial charge in [-0.25, -0.2) is 18.3 Å². The molecule has 4 aromatic carbocycles. The van der Waals surface area contributed by atoms with Gasteiger partial charge < -0.3 is 9.47 Å². The van der Waals surface area contributed by atoms with Crippen LogP contribution in [0.25, 0.3) is 0 Å². The van der Waals surface area contributed by atoms with Gasteiger partial charge in [-0.3, -0.25) is 9.59 Å². The van der Waals surface area contributed by atoms with Gasteiger partial charge in [-0.15, -0.1) is 0 Å². The second kappa shape index (κ2) is 14.3. The van der Waals surface area contributed by atoms with Gasteiger partial charge >= 0.3 is 0 Å². The first kappa shape index (κ1) is 30.9. The molecule has 7 rings (SSSR count). The number of carbonyl (C=O) groups excluding carboxylic acids is 2. The lowest BCUT2D eigenvalue weighted by Gasteiger charge is -2.22. The van der Waals surface area contributed by atoms with Crippen molar-refractivity contribution in [2.45, 2.75) is 39.0 Å². The summed E-state index contributed by atoms with van der Waals surface area (Å²) in [7, 11) is 0. The highest BCUT2D eigenvalue weighted by atomic mass is 16.5. The second-order valence-corrected chi connectivity index (χ2v) is 12.0. The number of rotatable bonds is 14. The average Bonchev–Trinajstić information content (AvgIpc) is 3.77. The van der Waals surface area contributed by atoms with Crippen LogP contribution in [-0.4, -0.2) is 33.9 Å². The molecule has 1 aliphatic carbocycles. The minimum Gasteiger partial charge on any atom is -0.493 e. The molecule has 240 valence electrons. The molecule has 1 aliphatic rings. The van der Waals surface area contributed by atoms with E-state index in [1.807, 2.05) is 36.4 Å². The molecular formula is C40H38N4O4+2. The summed E-state index contributed by atoms with van der Waals surface area (Å²) in [5, 5.41) is 0. The zero-order valence-corrected chi connectivity index (χ0v) is 26.8. The van der Waals surface area contributed by atoms with Crippen LogP contribution in [0, 0.1) is 0 Å². The fourth-order valence-electron chi connectivity index (χ4n) is 6.18. The molecule has 0 unspecified atom stereocenters. The molecular weight excluding hydrogens is 600 g/mol. The van der Waals surface area contributed by atoms with Crippen LogP contribution >= 0.6 is 0 Å². The molecule has 0 N–H and O–H groups in total. The van der Waals surface area contributed by atoms with Crippen molar-refractivity contribution in [3.8, 4) is 11.5 Å². The Hall–Kier alpha value is -5.76. The van der Waals surface area contributed by atoms with E-state index in [1.54, 1.807) is 36.4 Å². The Morgan fingerprint density at radius 2 is 0.938 bits per heavy atom. The Balaban J connectivity index is 0.993. The predicted octanol–water partition coefficient (Wildman–Crippen LogP) is 5.67. The maximum absolute atomic E-state index is 13.8. The van der Waals surface area contributed by atoms with Crippen molar-refractivity contribution in [2.24, 2.45) is 0 Å². The highest BCUT2D eigenvalue weighted by Crippen LogP contribution is 2.38. The van der Waals surface area contributed by atoms with Gasteiger partial charge in [0.15, 0.2) is 11.6 Å². The van der Waals surface area contributed by atoms with E-state index in [1.165, 1.54) is 11.1 Å². The number of aromatic nitrogens is 4. The Morgan fingerprint density at radius 3 is 1.38 bits per heavy atom. The summed E-state index contributed by atoms with van der Waals surface area (Å²) in [5.41, 5.74) is 3.84. The number of aryl methyl sites for hydroxylation is 2. The van der Waals surface area contributed by atoms with Crippen LogP contribution in [0.2, 0.25) is 0 Å². The number of benzene rings is 4. The van der Waals surface area contributed by atoms with Crippen LogP contribution in [0.5, 0.6) is 11.5 Å². The van der Waals surface area contributed by atoms with Gasteiger partial charge in [0.25, 0.3) is 0 Å². The molecule has 8 heteroatoms. The van der Waals surface area contributed by atoms with E-state index in [2.05, 4.69) is 80.0 Å². The van der Waals surface area contributed by atoms with E-state index < -0.39 is 0 Å². The maximum atomic E-state index is 13.8. The van der Waals surface area contributed by atoms with Crippen LogP contribution in [0.15, 0.2) is 135 Å². The van der Waals surface area contributed by atoms with Gasteiger partial charge in [0.05, 0.1) is 37.4 Å². The molecule has 0 amide bonds. The lowest BCUT2D eigenvalue weighted by molar-refractivity contribution is -0.688. The van der Waals surface area contributed by atoms with Gasteiger partial charge in [0, 0.05) is 24.0 Å². The van der Waals surface area contributed by atoms with E-state index in [4.69, 9.17) is 9.47 Å². The molecule has 0 saturated heterocycles. The molecule has 6 aromatic rings. The molecule has 0 fully saturated rings. The Morgan fingerprint density at radius 1 is 0.521 bits per heavy atom. The van der Waals surface area contributed by atoms with E-state index in [-0.39, 0.29) is 22.7 Å². The zero-order chi connectivity index (χ0) is 32.7. The summed E-state index contributed by atoms with van der Waals surface area (Å²) in [4.78, 5) is 27.6. The molecule has 0 atom stereocenters. The molecule has 2 heterocycles. The number of fused-ring (bicyclic) bond motifs is 2. The molecule has 0 spiro atoms. The zero-order valence-electron chi connectivity index (χ0n) is 26.8. The van der Waals surface area contributed by atoms with Crippen molar-refractivity contribution in [3.63, 3.8) is 0 Å². The summed E-state index contributed by atoms with van der Waals surface area (Å²) in [6.07, 6.45) is 13.9. The van der Waals surface area contributed by atoms with Crippen molar-refractivity contribution < 1.29 is 28.2 Å². The first-order valence-corrected chi connectivity index (χ1v) is 16.4. The second-order valence-electron chi connectivity index (χ2n) is 12.0. The maximum Gasteiger partial charge on any atom is 0.244 e. The number of hydrogen-bond donors (Lipinski definition) is 0. The fourth-order valence-corrected chi connectivity index (χ4v) is 6.18. The van der Waals surface area contributed by atoms with Crippen molar-refractivity contribution >= 4 is 11.6 Å². The Bertz CT molecular complexity index is 1890. The molecule has 0 bridgehead atoms. The summed E-state index contributed by atoms with van der Waals surface area (Å²) in [5.74, 6) is 0.381. The van der Waals surface area contributed by atoms with Crippen molar-refractivity contribution in [2.75, 3.05) is 13.2 Å². The van der Waals surface area contributed by atoms with Gasteiger partial charge in [0.1, 0.15) is 49.4 Å². The standard InChI is InChI=1S/C40H38N4O4/c45-39-33-15-7-8-16-34(33)40(46)38-36(48-26-10-20-42-22-24-44(30-42)28-32-13-5-2-6-14-32)18-17-35(37(38)39)47-25-9-19-41-21-23-43(29-41)27-31-11-3-1-4-12-31/h1-8,11-18,21-24,29-30H,9-10,19-20,25-28H2/q+2. The lowest BCUT2D eigenvalue weighted by atomic mass is 9.83. The van der Waals surface area contributed by atoms with Crippen LogP contribution in [0.3, 0.4) is 0 Å². The van der Waals surface area contributed by atoms with E-state index in [9.17, 15) is 9.59 Å². The monoisotopic (exact) mass is 638 g/mol. The van der Waals surface area contributed by atoms with E-state index in [0.29, 0.717) is 35.8 Å². The summed E-state index contributed by atoms with van der Waals surface area (Å²) >= 11 is 0. The van der Waals surface area contributed by atoms with Gasteiger partial charge in [-0.05, 0) is 23.3 Å². The van der Waals surface area contributed by atoms with E-state index in [0.717, 1.165) is 39.0 Å². The largest absolute Gasteiger partial charge is 0.493 e. The number of ketones is 2. The first-order valence-electron chi connectivity index (χ1n) is 16.4. The highest BCUT2D eigenvalue weighted by molar-refractivity contribution is 6.30. The predicted molar refractivity (Wildman–Crippen MR) is 180 cm³/mol. The smallest absolute Gasteiger partial charge is 0.244 e. The van der Waals surface area contributed by atoms with Crippen LogP contribution < -0.4 is 18.6 Å². The summed E-state index contributed by atoms with van der Waals surface area (Å²) in [6.45, 7) is 3.93. The molecule has 48 heavy (non-hydrogen) atoms. The first-order chi connectivity index (χ1) is 23.6. The average molecular weight is 639 g/mol. The number of imidazole rings is 2. The molecule has 0 saturated carbocycles. The molecule has 2 aromatic heterocycles. The van der Waals surface area contributed by atoms with Gasteiger partial charge in [-0.1, -0.05) is 84.9 Å². The van der Waals surface area contributed by atoms with Crippen molar-refractivity contribution in [1.82, 2.24) is 9.13 Å². The Kier molecular flexibility index (Phi) is 9.22. The summed E-state index contributed by atoms with van der Waals surface area (Å²) in [6, 6.07) is 31.2. The normalized spacial score (nSPS) is 12.1. The lowest BCUT2D eigenvalue weighted by Crippen LogP contribution is -2.31. The SMILES string of the molecule is O=C1c2ccccc2C(=O)c2c(OCCCn3cc[n+](Cc4ccccc4)c3)ccc(OCCCn3cc[n+](Cc4ccccc4)c3)c21. The number of ether oxygens (including phenoxy) is 2. The fraction of sp³-hybridized carbons (Fsp3) is 0.200. The quantitative estimate of drug-likeness (QED) is 0.114. The van der Waals surface area contributed by atoms with Crippen molar-refractivity contribution in [3.05, 3.63) is 168 Å². The van der Waals surface area contributed by atoms with Gasteiger partial charge in [-0.2, -0.15) is 0 Å². The third-order valence-corrected chi connectivity index (χ3v) is 8.54. The molecule has 8 nitrogen and oxygen atoms in total. The van der Waals surface area contributed by atoms with Crippen LogP contribution in [-0.2, 0) is 26.2 Å². The third kappa shape index (κ3) is 6.98. The molecule has 0 radical (unpaired) electrons. The number of hydrogen-bond acceptors (Lipinski definition) is 4. The topological polar surface area (TPSA) is 70.2 Å². The van der Waals surface area contributed by atoms with Gasteiger partial charge in [0.2, 0.25) is 12.7 Å². The molecule has 0 aliphatic heterocycles.